The SMILES string of the molecule is Cc1cc(CN2CCC3CCCCC3C2)n[nH]1. The summed E-state index contributed by atoms with van der Waals surface area (Å²) in [6.45, 7) is 5.68. The van der Waals surface area contributed by atoms with Gasteiger partial charge in [-0.2, -0.15) is 5.10 Å². The van der Waals surface area contributed by atoms with Gasteiger partial charge in [0.1, 0.15) is 0 Å². The molecule has 0 radical (unpaired) electrons. The molecule has 3 rings (SSSR count). The highest BCUT2D eigenvalue weighted by Gasteiger charge is 2.31. The Hall–Kier alpha value is -0.830. The van der Waals surface area contributed by atoms with Crippen molar-refractivity contribution in [2.75, 3.05) is 13.1 Å². The summed E-state index contributed by atoms with van der Waals surface area (Å²) in [5.74, 6) is 2.00. The summed E-state index contributed by atoms with van der Waals surface area (Å²) in [7, 11) is 0. The second-order valence-corrected chi connectivity index (χ2v) is 5.87. The molecule has 2 heterocycles. The number of hydrogen-bond donors (Lipinski definition) is 1. The van der Waals surface area contributed by atoms with Crippen LogP contribution in [0.4, 0.5) is 0 Å². The normalized spacial score (nSPS) is 30.2. The maximum atomic E-state index is 4.35. The molecule has 0 aromatic carbocycles. The number of fused-ring (bicyclic) bond motifs is 1. The van der Waals surface area contributed by atoms with Crippen molar-refractivity contribution < 1.29 is 0 Å². The summed E-state index contributed by atoms with van der Waals surface area (Å²) in [6.07, 6.45) is 7.28. The van der Waals surface area contributed by atoms with Gasteiger partial charge in [0.15, 0.2) is 0 Å². The lowest BCUT2D eigenvalue weighted by atomic mass is 9.75. The second kappa shape index (κ2) is 4.81. The Morgan fingerprint density at radius 2 is 2.12 bits per heavy atom. The smallest absolute Gasteiger partial charge is 0.0765 e. The molecule has 3 nitrogen and oxygen atoms in total. The highest BCUT2D eigenvalue weighted by Crippen LogP contribution is 2.36. The van der Waals surface area contributed by atoms with E-state index < -0.39 is 0 Å². The minimum atomic E-state index is 0.970. The highest BCUT2D eigenvalue weighted by atomic mass is 15.2. The molecular weight excluding hydrogens is 210 g/mol. The largest absolute Gasteiger partial charge is 0.297 e. The van der Waals surface area contributed by atoms with Gasteiger partial charge < -0.3 is 0 Å². The Balaban J connectivity index is 1.58. The number of hydrogen-bond acceptors (Lipinski definition) is 2. The van der Waals surface area contributed by atoms with Crippen LogP contribution in [0.3, 0.4) is 0 Å². The zero-order valence-corrected chi connectivity index (χ0v) is 10.8. The molecule has 94 valence electrons. The molecule has 1 aliphatic heterocycles. The third-order valence-corrected chi connectivity index (χ3v) is 4.52. The minimum absolute atomic E-state index is 0.970. The van der Waals surface area contributed by atoms with Gasteiger partial charge in [0.25, 0.3) is 0 Å². The molecule has 2 fully saturated rings. The van der Waals surface area contributed by atoms with Gasteiger partial charge in [0.2, 0.25) is 0 Å². The molecule has 1 aliphatic carbocycles. The number of nitrogens with zero attached hydrogens (tertiary/aromatic N) is 2. The van der Waals surface area contributed by atoms with Crippen LogP contribution in [-0.2, 0) is 6.54 Å². The molecule has 1 saturated heterocycles. The van der Waals surface area contributed by atoms with Crippen LogP contribution in [0.15, 0.2) is 6.07 Å². The van der Waals surface area contributed by atoms with Gasteiger partial charge in [-0.3, -0.25) is 10.00 Å². The standard InChI is InChI=1S/C14H23N3/c1-11-8-14(16-15-11)10-17-7-6-12-4-2-3-5-13(12)9-17/h8,12-13H,2-7,9-10H2,1H3,(H,15,16). The highest BCUT2D eigenvalue weighted by molar-refractivity contribution is 5.06. The molecular formula is C14H23N3. The van der Waals surface area contributed by atoms with Crippen molar-refractivity contribution in [1.29, 1.82) is 0 Å². The van der Waals surface area contributed by atoms with E-state index in [9.17, 15) is 0 Å². The van der Waals surface area contributed by atoms with Crippen LogP contribution in [0, 0.1) is 18.8 Å². The first-order chi connectivity index (χ1) is 8.31. The number of rotatable bonds is 2. The van der Waals surface area contributed by atoms with E-state index in [1.807, 2.05) is 0 Å². The number of H-pyrrole nitrogens is 1. The quantitative estimate of drug-likeness (QED) is 0.851. The van der Waals surface area contributed by atoms with Crippen molar-refractivity contribution in [3.63, 3.8) is 0 Å². The number of aromatic nitrogens is 2. The zero-order valence-electron chi connectivity index (χ0n) is 10.8. The Morgan fingerprint density at radius 1 is 1.29 bits per heavy atom. The van der Waals surface area contributed by atoms with Crippen molar-refractivity contribution in [2.45, 2.75) is 45.6 Å². The lowest BCUT2D eigenvalue weighted by molar-refractivity contribution is 0.0812. The fourth-order valence-electron chi connectivity index (χ4n) is 3.60. The number of nitrogens with one attached hydrogen (secondary N) is 1. The van der Waals surface area contributed by atoms with E-state index in [2.05, 4.69) is 28.1 Å². The van der Waals surface area contributed by atoms with Gasteiger partial charge >= 0.3 is 0 Å². The van der Waals surface area contributed by atoms with E-state index in [4.69, 9.17) is 0 Å². The third kappa shape index (κ3) is 2.54. The van der Waals surface area contributed by atoms with Gasteiger partial charge in [0, 0.05) is 18.8 Å². The van der Waals surface area contributed by atoms with Crippen LogP contribution in [0.25, 0.3) is 0 Å². The predicted molar refractivity (Wildman–Crippen MR) is 68.7 cm³/mol. The number of aryl methyl sites for hydroxylation is 1. The van der Waals surface area contributed by atoms with E-state index in [-0.39, 0.29) is 0 Å². The molecule has 3 heteroatoms. The lowest BCUT2D eigenvalue weighted by Gasteiger charge is -2.41. The summed E-state index contributed by atoms with van der Waals surface area (Å²) in [4.78, 5) is 2.60. The van der Waals surface area contributed by atoms with Crippen LogP contribution in [0.1, 0.15) is 43.5 Å². The van der Waals surface area contributed by atoms with Crippen LogP contribution in [-0.4, -0.2) is 28.2 Å². The molecule has 1 aromatic heterocycles. The van der Waals surface area contributed by atoms with Gasteiger partial charge in [-0.05, 0) is 44.2 Å². The topological polar surface area (TPSA) is 31.9 Å². The molecule has 2 unspecified atom stereocenters. The van der Waals surface area contributed by atoms with Crippen molar-refractivity contribution >= 4 is 0 Å². The number of aromatic amines is 1. The first kappa shape index (κ1) is 11.3. The summed E-state index contributed by atoms with van der Waals surface area (Å²) in [5.41, 5.74) is 2.38. The van der Waals surface area contributed by atoms with Crippen molar-refractivity contribution in [1.82, 2.24) is 15.1 Å². The molecule has 0 bridgehead atoms. The van der Waals surface area contributed by atoms with E-state index in [1.54, 1.807) is 0 Å². The Labute approximate surface area is 104 Å². The Bertz CT molecular complexity index is 371. The fraction of sp³-hybridized carbons (Fsp3) is 0.786. The van der Waals surface area contributed by atoms with Crippen molar-refractivity contribution in [3.8, 4) is 0 Å². The van der Waals surface area contributed by atoms with Crippen LogP contribution in [0.5, 0.6) is 0 Å². The Morgan fingerprint density at radius 3 is 2.88 bits per heavy atom. The fourth-order valence-corrected chi connectivity index (χ4v) is 3.60. The van der Waals surface area contributed by atoms with Crippen LogP contribution < -0.4 is 0 Å². The molecule has 0 amide bonds. The third-order valence-electron chi connectivity index (χ3n) is 4.52. The summed E-state index contributed by atoms with van der Waals surface area (Å²) >= 11 is 0. The van der Waals surface area contributed by atoms with Gasteiger partial charge in [-0.25, -0.2) is 0 Å². The maximum Gasteiger partial charge on any atom is 0.0765 e. The zero-order chi connectivity index (χ0) is 11.7. The van der Waals surface area contributed by atoms with E-state index >= 15 is 0 Å². The Kier molecular flexibility index (Phi) is 3.19. The molecule has 1 aromatic rings. The van der Waals surface area contributed by atoms with Gasteiger partial charge in [-0.1, -0.05) is 19.3 Å². The van der Waals surface area contributed by atoms with Gasteiger partial charge in [-0.15, -0.1) is 0 Å². The van der Waals surface area contributed by atoms with Crippen LogP contribution >= 0.6 is 0 Å². The summed E-state index contributed by atoms with van der Waals surface area (Å²) < 4.78 is 0. The number of likely N-dealkylation sites (tertiary alicyclic amines) is 1. The molecule has 2 atom stereocenters. The molecule has 0 spiro atoms. The monoisotopic (exact) mass is 233 g/mol. The van der Waals surface area contributed by atoms with Crippen molar-refractivity contribution in [3.05, 3.63) is 17.5 Å². The molecule has 1 saturated carbocycles. The minimum Gasteiger partial charge on any atom is -0.297 e. The summed E-state index contributed by atoms with van der Waals surface area (Å²) in [6, 6.07) is 2.17. The van der Waals surface area contributed by atoms with Gasteiger partial charge in [0.05, 0.1) is 5.69 Å². The molecule has 2 aliphatic rings. The number of piperidine rings is 1. The lowest BCUT2D eigenvalue weighted by Crippen LogP contribution is -2.41. The predicted octanol–water partition coefficient (Wildman–Crippen LogP) is 2.73. The maximum absolute atomic E-state index is 4.35. The average Bonchev–Trinajstić information content (AvgIpc) is 2.75. The van der Waals surface area contributed by atoms with E-state index in [0.717, 1.165) is 18.4 Å². The average molecular weight is 233 g/mol. The first-order valence-electron chi connectivity index (χ1n) is 7.04. The van der Waals surface area contributed by atoms with E-state index in [0.29, 0.717) is 0 Å². The molecule has 1 N–H and O–H groups in total. The summed E-state index contributed by atoms with van der Waals surface area (Å²) in [5, 5.41) is 7.39. The molecule has 17 heavy (non-hydrogen) atoms. The van der Waals surface area contributed by atoms with E-state index in [1.165, 1.54) is 56.6 Å². The second-order valence-electron chi connectivity index (χ2n) is 5.87. The van der Waals surface area contributed by atoms with Crippen molar-refractivity contribution in [2.24, 2.45) is 11.8 Å². The first-order valence-corrected chi connectivity index (χ1v) is 7.04. The van der Waals surface area contributed by atoms with Crippen LogP contribution in [0.2, 0.25) is 0 Å².